The number of methoxy groups -OCH3 is 1. The fraction of sp³-hybridized carbons (Fsp3) is 0.227. The minimum absolute atomic E-state index is 0.0905. The van der Waals surface area contributed by atoms with E-state index in [0.717, 1.165) is 40.3 Å². The zero-order valence-corrected chi connectivity index (χ0v) is 17.3. The van der Waals surface area contributed by atoms with Crippen molar-refractivity contribution in [3.8, 4) is 17.1 Å². The number of fused-ring (bicyclic) bond motifs is 1. The van der Waals surface area contributed by atoms with Crippen molar-refractivity contribution in [2.45, 2.75) is 24.0 Å². The molecule has 1 saturated carbocycles. The van der Waals surface area contributed by atoms with Crippen LogP contribution in [0.5, 0.6) is 5.75 Å². The van der Waals surface area contributed by atoms with Crippen molar-refractivity contribution in [3.63, 3.8) is 0 Å². The van der Waals surface area contributed by atoms with Gasteiger partial charge in [-0.25, -0.2) is 0 Å². The van der Waals surface area contributed by atoms with Crippen molar-refractivity contribution in [1.29, 1.82) is 0 Å². The maximum Gasteiger partial charge on any atom is 0.234 e. The van der Waals surface area contributed by atoms with Gasteiger partial charge in [0.2, 0.25) is 5.91 Å². The third-order valence-electron chi connectivity index (χ3n) is 5.09. The highest BCUT2D eigenvalue weighted by atomic mass is 32.2. The quantitative estimate of drug-likeness (QED) is 0.431. The Morgan fingerprint density at radius 1 is 1.23 bits per heavy atom. The molecule has 1 aliphatic rings. The minimum Gasteiger partial charge on any atom is -0.497 e. The summed E-state index contributed by atoms with van der Waals surface area (Å²) in [7, 11) is 1.60. The number of para-hydroxylation sites is 1. The molecule has 0 saturated heterocycles. The van der Waals surface area contributed by atoms with Gasteiger partial charge in [-0.1, -0.05) is 36.0 Å². The number of aromatic amines is 1. The van der Waals surface area contributed by atoms with Gasteiger partial charge < -0.3 is 15.0 Å². The second-order valence-electron chi connectivity index (χ2n) is 7.22. The monoisotopic (exact) mass is 419 g/mol. The van der Waals surface area contributed by atoms with Gasteiger partial charge in [-0.2, -0.15) is 0 Å². The van der Waals surface area contributed by atoms with Gasteiger partial charge in [-0.3, -0.25) is 9.36 Å². The first-order valence-corrected chi connectivity index (χ1v) is 10.8. The molecule has 1 amide bonds. The Balaban J connectivity index is 1.35. The molecular formula is C22H21N5O2S. The summed E-state index contributed by atoms with van der Waals surface area (Å²) in [5, 5.41) is 13.7. The van der Waals surface area contributed by atoms with E-state index in [1.54, 1.807) is 13.2 Å². The fourth-order valence-electron chi connectivity index (χ4n) is 3.51. The van der Waals surface area contributed by atoms with E-state index < -0.39 is 0 Å². The molecule has 0 spiro atoms. The number of hydrogen-bond donors (Lipinski definition) is 2. The van der Waals surface area contributed by atoms with Gasteiger partial charge in [-0.05, 0) is 31.0 Å². The van der Waals surface area contributed by atoms with Gasteiger partial charge in [0.25, 0.3) is 0 Å². The molecule has 4 aromatic rings. The summed E-state index contributed by atoms with van der Waals surface area (Å²) in [5.41, 5.74) is 2.82. The molecule has 0 bridgehead atoms. The van der Waals surface area contributed by atoms with Crippen LogP contribution < -0.4 is 10.1 Å². The van der Waals surface area contributed by atoms with E-state index in [1.807, 2.05) is 36.5 Å². The number of amides is 1. The zero-order chi connectivity index (χ0) is 20.5. The molecule has 0 radical (unpaired) electrons. The van der Waals surface area contributed by atoms with Crippen molar-refractivity contribution in [1.82, 2.24) is 19.7 Å². The molecule has 2 heterocycles. The second-order valence-corrected chi connectivity index (χ2v) is 8.17. The van der Waals surface area contributed by atoms with E-state index in [9.17, 15) is 4.79 Å². The van der Waals surface area contributed by atoms with E-state index in [1.165, 1.54) is 11.8 Å². The van der Waals surface area contributed by atoms with E-state index in [4.69, 9.17) is 4.74 Å². The summed E-state index contributed by atoms with van der Waals surface area (Å²) in [5.74, 6) is 1.73. The van der Waals surface area contributed by atoms with E-state index >= 15 is 0 Å². The fourth-order valence-corrected chi connectivity index (χ4v) is 4.31. The lowest BCUT2D eigenvalue weighted by molar-refractivity contribution is -0.113. The predicted octanol–water partition coefficient (Wildman–Crippen LogP) is 4.50. The van der Waals surface area contributed by atoms with Crippen LogP contribution in [0.4, 0.5) is 5.69 Å². The van der Waals surface area contributed by atoms with Gasteiger partial charge in [0.1, 0.15) is 5.75 Å². The predicted molar refractivity (Wildman–Crippen MR) is 118 cm³/mol. The number of nitrogens with zero attached hydrogens (tertiary/aromatic N) is 3. The smallest absolute Gasteiger partial charge is 0.234 e. The largest absolute Gasteiger partial charge is 0.497 e. The number of anilines is 1. The molecule has 2 N–H and O–H groups in total. The maximum absolute atomic E-state index is 12.5. The topological polar surface area (TPSA) is 84.8 Å². The van der Waals surface area contributed by atoms with Gasteiger partial charge in [0, 0.05) is 40.5 Å². The van der Waals surface area contributed by atoms with Crippen LogP contribution in [-0.4, -0.2) is 38.5 Å². The third-order valence-corrected chi connectivity index (χ3v) is 6.04. The summed E-state index contributed by atoms with van der Waals surface area (Å²) in [4.78, 5) is 15.8. The summed E-state index contributed by atoms with van der Waals surface area (Å²) >= 11 is 1.41. The van der Waals surface area contributed by atoms with Crippen molar-refractivity contribution in [2.24, 2.45) is 0 Å². The number of ether oxygens (including phenoxy) is 1. The highest BCUT2D eigenvalue weighted by molar-refractivity contribution is 7.99. The van der Waals surface area contributed by atoms with Crippen molar-refractivity contribution >= 4 is 34.3 Å². The SMILES string of the molecule is COc1cccc(NC(=O)CSc2nnc(-c3c[nH]c4ccccc34)n2C2CC2)c1. The number of H-pyrrole nitrogens is 1. The first kappa shape index (κ1) is 18.7. The van der Waals surface area contributed by atoms with Crippen LogP contribution in [0.3, 0.4) is 0 Å². The van der Waals surface area contributed by atoms with Crippen molar-refractivity contribution in [3.05, 3.63) is 54.7 Å². The van der Waals surface area contributed by atoms with Crippen LogP contribution >= 0.6 is 11.8 Å². The average Bonchev–Trinajstić information content (AvgIpc) is 3.38. The van der Waals surface area contributed by atoms with Crippen LogP contribution in [0, 0.1) is 0 Å². The van der Waals surface area contributed by atoms with Crippen LogP contribution in [-0.2, 0) is 4.79 Å². The molecular weight excluding hydrogens is 398 g/mol. The molecule has 152 valence electrons. The van der Waals surface area contributed by atoms with Gasteiger partial charge in [-0.15, -0.1) is 10.2 Å². The summed E-state index contributed by atoms with van der Waals surface area (Å²) in [6.45, 7) is 0. The Bertz CT molecular complexity index is 1210. The molecule has 2 aromatic heterocycles. The Morgan fingerprint density at radius 3 is 2.93 bits per heavy atom. The van der Waals surface area contributed by atoms with Crippen LogP contribution in [0.25, 0.3) is 22.3 Å². The highest BCUT2D eigenvalue weighted by Gasteiger charge is 2.31. The second kappa shape index (κ2) is 7.87. The molecule has 7 nitrogen and oxygen atoms in total. The van der Waals surface area contributed by atoms with Crippen molar-refractivity contribution in [2.75, 3.05) is 18.2 Å². The summed E-state index contributed by atoms with van der Waals surface area (Å²) in [6.07, 6.45) is 4.20. The molecule has 1 aliphatic carbocycles. The van der Waals surface area contributed by atoms with Gasteiger partial charge in [0.15, 0.2) is 11.0 Å². The summed E-state index contributed by atoms with van der Waals surface area (Å²) in [6, 6.07) is 15.9. The van der Waals surface area contributed by atoms with Crippen LogP contribution in [0.15, 0.2) is 59.9 Å². The number of rotatable bonds is 7. The van der Waals surface area contributed by atoms with Crippen molar-refractivity contribution < 1.29 is 9.53 Å². The molecule has 2 aromatic carbocycles. The first-order valence-electron chi connectivity index (χ1n) is 9.81. The number of aromatic nitrogens is 4. The van der Waals surface area contributed by atoms with Crippen LogP contribution in [0.1, 0.15) is 18.9 Å². The lowest BCUT2D eigenvalue weighted by Crippen LogP contribution is -2.14. The minimum atomic E-state index is -0.0905. The molecule has 5 rings (SSSR count). The number of benzene rings is 2. The van der Waals surface area contributed by atoms with Gasteiger partial charge >= 0.3 is 0 Å². The Morgan fingerprint density at radius 2 is 2.10 bits per heavy atom. The third kappa shape index (κ3) is 3.66. The molecule has 0 aliphatic heterocycles. The standard InChI is InChI=1S/C22H21N5O2S/c1-29-16-6-4-5-14(11-16)24-20(28)13-30-22-26-25-21(27(22)15-9-10-15)18-12-23-19-8-3-2-7-17(18)19/h2-8,11-12,15,23H,9-10,13H2,1H3,(H,24,28). The molecule has 8 heteroatoms. The highest BCUT2D eigenvalue weighted by Crippen LogP contribution is 2.42. The van der Waals surface area contributed by atoms with Crippen LogP contribution in [0.2, 0.25) is 0 Å². The Kier molecular flexibility index (Phi) is 4.92. The molecule has 30 heavy (non-hydrogen) atoms. The molecule has 0 atom stereocenters. The number of carbonyl (C=O) groups excluding carboxylic acids is 1. The first-order chi connectivity index (χ1) is 14.7. The average molecular weight is 420 g/mol. The number of carbonyl (C=O) groups is 1. The molecule has 0 unspecified atom stereocenters. The molecule has 1 fully saturated rings. The number of thioether (sulfide) groups is 1. The normalized spacial score (nSPS) is 13.5. The Labute approximate surface area is 177 Å². The van der Waals surface area contributed by atoms with Gasteiger partial charge in [0.05, 0.1) is 12.9 Å². The van der Waals surface area contributed by atoms with E-state index in [0.29, 0.717) is 17.5 Å². The lowest BCUT2D eigenvalue weighted by Gasteiger charge is -2.09. The van der Waals surface area contributed by atoms with E-state index in [-0.39, 0.29) is 11.7 Å². The number of nitrogens with one attached hydrogen (secondary N) is 2. The zero-order valence-electron chi connectivity index (χ0n) is 16.5. The lowest BCUT2D eigenvalue weighted by atomic mass is 10.1. The maximum atomic E-state index is 12.5. The number of hydrogen-bond acceptors (Lipinski definition) is 5. The Hall–Kier alpha value is -3.26. The van der Waals surface area contributed by atoms with E-state index in [2.05, 4.69) is 37.2 Å². The summed E-state index contributed by atoms with van der Waals surface area (Å²) < 4.78 is 7.38.